The van der Waals surface area contributed by atoms with Gasteiger partial charge in [-0.2, -0.15) is 0 Å². The number of carbonyl (C=O) groups is 1. The van der Waals surface area contributed by atoms with Crippen LogP contribution in [0.1, 0.15) is 40.5 Å². The molecule has 0 rings (SSSR count). The highest BCUT2D eigenvalue weighted by atomic mass is 32.2. The molecule has 0 aromatic rings. The van der Waals surface area contributed by atoms with Crippen LogP contribution in [0.2, 0.25) is 0 Å². The molecule has 0 aromatic carbocycles. The molecule has 90 valence electrons. The van der Waals surface area contributed by atoms with Crippen molar-refractivity contribution in [2.24, 2.45) is 11.8 Å². The van der Waals surface area contributed by atoms with Crippen molar-refractivity contribution in [1.29, 1.82) is 0 Å². The highest BCUT2D eigenvalue weighted by Gasteiger charge is 2.28. The average molecular weight is 234 g/mol. The summed E-state index contributed by atoms with van der Waals surface area (Å²) in [5.41, 5.74) is 0. The molecule has 1 N–H and O–H groups in total. The van der Waals surface area contributed by atoms with E-state index in [-0.39, 0.29) is 5.92 Å². The van der Waals surface area contributed by atoms with Crippen LogP contribution in [0.5, 0.6) is 0 Å². The molecule has 0 aliphatic carbocycles. The summed E-state index contributed by atoms with van der Waals surface area (Å²) in [6.45, 7) is 7.72. The molecule has 0 saturated heterocycles. The average Bonchev–Trinajstić information content (AvgIpc) is 2.01. The Morgan fingerprint density at radius 2 is 1.87 bits per heavy atom. The van der Waals surface area contributed by atoms with E-state index in [2.05, 4.69) is 6.92 Å². The lowest BCUT2D eigenvalue weighted by atomic mass is 10.1. The molecule has 3 nitrogen and oxygen atoms in total. The summed E-state index contributed by atoms with van der Waals surface area (Å²) in [7, 11) is -1.25. The Balaban J connectivity index is 4.33. The van der Waals surface area contributed by atoms with E-state index in [1.165, 1.54) is 0 Å². The summed E-state index contributed by atoms with van der Waals surface area (Å²) < 4.78 is 11.8. The molecule has 0 bridgehead atoms. The van der Waals surface area contributed by atoms with Gasteiger partial charge in [0, 0.05) is 16.6 Å². The lowest BCUT2D eigenvalue weighted by molar-refractivity contribution is -0.137. The Morgan fingerprint density at radius 3 is 2.20 bits per heavy atom. The lowest BCUT2D eigenvalue weighted by Crippen LogP contribution is -2.33. The largest absolute Gasteiger partial charge is 0.480 e. The monoisotopic (exact) mass is 234 g/mol. The van der Waals surface area contributed by atoms with Crippen LogP contribution in [0.4, 0.5) is 0 Å². The maximum absolute atomic E-state index is 11.8. The van der Waals surface area contributed by atoms with Gasteiger partial charge in [-0.25, -0.2) is 0 Å². The molecule has 0 aromatic heterocycles. The Bertz CT molecular complexity index is 226. The molecule has 3 atom stereocenters. The maximum atomic E-state index is 11.8. The van der Waals surface area contributed by atoms with Gasteiger partial charge >= 0.3 is 5.97 Å². The molecular formula is C11H22O3S. The molecule has 0 aliphatic heterocycles. The summed E-state index contributed by atoms with van der Waals surface area (Å²) in [6.07, 6.45) is 2.06. The molecule has 0 amide bonds. The number of aliphatic carboxylic acids is 1. The molecular weight excluding hydrogens is 212 g/mol. The van der Waals surface area contributed by atoms with Gasteiger partial charge in [0.1, 0.15) is 5.25 Å². The van der Waals surface area contributed by atoms with Gasteiger partial charge in [0.25, 0.3) is 0 Å². The van der Waals surface area contributed by atoms with Crippen molar-refractivity contribution in [2.45, 2.75) is 45.8 Å². The van der Waals surface area contributed by atoms with E-state index in [1.54, 1.807) is 13.8 Å². The molecule has 0 fully saturated rings. The summed E-state index contributed by atoms with van der Waals surface area (Å²) in [5.74, 6) is -0.163. The third-order valence-corrected chi connectivity index (χ3v) is 4.57. The second-order valence-corrected chi connectivity index (χ2v) is 6.05. The molecule has 0 heterocycles. The Kier molecular flexibility index (Phi) is 6.81. The van der Waals surface area contributed by atoms with Crippen LogP contribution >= 0.6 is 0 Å². The topological polar surface area (TPSA) is 54.4 Å². The fourth-order valence-corrected chi connectivity index (χ4v) is 3.43. The van der Waals surface area contributed by atoms with Crippen molar-refractivity contribution in [3.8, 4) is 0 Å². The van der Waals surface area contributed by atoms with Gasteiger partial charge in [-0.15, -0.1) is 0 Å². The van der Waals surface area contributed by atoms with Crippen molar-refractivity contribution in [1.82, 2.24) is 0 Å². The number of hydrogen-bond donors (Lipinski definition) is 1. The predicted molar refractivity (Wildman–Crippen MR) is 63.3 cm³/mol. The first kappa shape index (κ1) is 14.6. The maximum Gasteiger partial charge on any atom is 0.319 e. The number of rotatable bonds is 7. The van der Waals surface area contributed by atoms with E-state index in [4.69, 9.17) is 5.11 Å². The quantitative estimate of drug-likeness (QED) is 0.735. The van der Waals surface area contributed by atoms with Gasteiger partial charge in [-0.1, -0.05) is 40.5 Å². The van der Waals surface area contributed by atoms with Crippen molar-refractivity contribution in [2.75, 3.05) is 5.75 Å². The molecule has 0 radical (unpaired) electrons. The molecule has 3 unspecified atom stereocenters. The SMILES string of the molecule is CCCC(C)CS(=O)C(C(=O)O)C(C)C. The Hall–Kier alpha value is -0.380. The van der Waals surface area contributed by atoms with Gasteiger partial charge in [0.05, 0.1) is 0 Å². The molecule has 0 aliphatic rings. The summed E-state index contributed by atoms with van der Waals surface area (Å²) in [6, 6.07) is 0. The normalized spacial score (nSPS) is 17.4. The van der Waals surface area contributed by atoms with Crippen LogP contribution in [0.15, 0.2) is 0 Å². The van der Waals surface area contributed by atoms with E-state index >= 15 is 0 Å². The van der Waals surface area contributed by atoms with Crippen LogP contribution < -0.4 is 0 Å². The number of hydrogen-bond acceptors (Lipinski definition) is 2. The van der Waals surface area contributed by atoms with Crippen LogP contribution in [0.25, 0.3) is 0 Å². The van der Waals surface area contributed by atoms with Crippen molar-refractivity contribution < 1.29 is 14.1 Å². The second-order valence-electron chi connectivity index (χ2n) is 4.44. The van der Waals surface area contributed by atoms with E-state index < -0.39 is 22.0 Å². The fraction of sp³-hybridized carbons (Fsp3) is 0.909. The van der Waals surface area contributed by atoms with Gasteiger partial charge in [0.2, 0.25) is 0 Å². The minimum atomic E-state index is -1.25. The number of carboxylic acid groups (broad SMARTS) is 1. The van der Waals surface area contributed by atoms with Crippen molar-refractivity contribution in [3.05, 3.63) is 0 Å². The zero-order valence-electron chi connectivity index (χ0n) is 10.0. The van der Waals surface area contributed by atoms with Crippen LogP contribution in [-0.4, -0.2) is 26.3 Å². The zero-order valence-corrected chi connectivity index (χ0v) is 10.8. The summed E-state index contributed by atoms with van der Waals surface area (Å²) in [5, 5.41) is 8.25. The first-order chi connectivity index (χ1) is 6.90. The molecule has 0 saturated carbocycles. The highest BCUT2D eigenvalue weighted by Crippen LogP contribution is 2.15. The van der Waals surface area contributed by atoms with E-state index in [9.17, 15) is 9.00 Å². The standard InChI is InChI=1S/C11H22O3S/c1-5-6-9(4)7-15(14)10(8(2)3)11(12)13/h8-10H,5-7H2,1-4H3,(H,12,13). The van der Waals surface area contributed by atoms with E-state index in [0.717, 1.165) is 12.8 Å². The first-order valence-corrected chi connectivity index (χ1v) is 6.88. The zero-order chi connectivity index (χ0) is 12.0. The van der Waals surface area contributed by atoms with Crippen LogP contribution in [0, 0.1) is 11.8 Å². The fourth-order valence-electron chi connectivity index (χ4n) is 1.66. The van der Waals surface area contributed by atoms with E-state index in [0.29, 0.717) is 11.7 Å². The minimum absolute atomic E-state index is 0.0721. The molecule has 15 heavy (non-hydrogen) atoms. The van der Waals surface area contributed by atoms with Gasteiger partial charge < -0.3 is 5.11 Å². The van der Waals surface area contributed by atoms with Crippen molar-refractivity contribution in [3.63, 3.8) is 0 Å². The van der Waals surface area contributed by atoms with Gasteiger partial charge in [0.15, 0.2) is 0 Å². The predicted octanol–water partition coefficient (Wildman–Crippen LogP) is 2.28. The summed E-state index contributed by atoms with van der Waals surface area (Å²) in [4.78, 5) is 10.9. The second kappa shape index (κ2) is 6.99. The number of carboxylic acids is 1. The lowest BCUT2D eigenvalue weighted by Gasteiger charge is -2.18. The molecule has 0 spiro atoms. The van der Waals surface area contributed by atoms with Crippen LogP contribution in [-0.2, 0) is 15.6 Å². The van der Waals surface area contributed by atoms with Crippen LogP contribution in [0.3, 0.4) is 0 Å². The summed E-state index contributed by atoms with van der Waals surface area (Å²) >= 11 is 0. The smallest absolute Gasteiger partial charge is 0.319 e. The molecule has 4 heteroatoms. The Labute approximate surface area is 94.7 Å². The Morgan fingerprint density at radius 1 is 1.33 bits per heavy atom. The van der Waals surface area contributed by atoms with E-state index in [1.807, 2.05) is 6.92 Å². The third kappa shape index (κ3) is 5.30. The minimum Gasteiger partial charge on any atom is -0.480 e. The highest BCUT2D eigenvalue weighted by molar-refractivity contribution is 7.86. The van der Waals surface area contributed by atoms with Gasteiger partial charge in [-0.3, -0.25) is 9.00 Å². The first-order valence-electron chi connectivity index (χ1n) is 5.50. The third-order valence-electron chi connectivity index (χ3n) is 2.36. The van der Waals surface area contributed by atoms with Gasteiger partial charge in [-0.05, 0) is 11.8 Å². The van der Waals surface area contributed by atoms with Crippen molar-refractivity contribution >= 4 is 16.8 Å².